The van der Waals surface area contributed by atoms with E-state index >= 15 is 0 Å². The average Bonchev–Trinajstić information content (AvgIpc) is 2.67. The molecular weight excluding hydrogens is 206 g/mol. The molecule has 0 aliphatic heterocycles. The standard InChI is InChI=1S/C12H13NO3/c1-16-10-4-2-8-6-9(3-5-12(14)15)13-11(8)7-10/h2,4,6-7,13H,3,5H2,1H3,(H,14,15). The Morgan fingerprint density at radius 2 is 2.25 bits per heavy atom. The third kappa shape index (κ3) is 2.16. The van der Waals surface area contributed by atoms with Crippen LogP contribution in [0, 0.1) is 0 Å². The number of hydrogen-bond donors (Lipinski definition) is 2. The molecule has 0 spiro atoms. The van der Waals surface area contributed by atoms with Crippen molar-refractivity contribution in [3.05, 3.63) is 30.0 Å². The minimum Gasteiger partial charge on any atom is -0.497 e. The summed E-state index contributed by atoms with van der Waals surface area (Å²) in [6, 6.07) is 7.71. The van der Waals surface area contributed by atoms with Crippen molar-refractivity contribution in [1.29, 1.82) is 0 Å². The topological polar surface area (TPSA) is 62.3 Å². The number of ether oxygens (including phenoxy) is 1. The van der Waals surface area contributed by atoms with Gasteiger partial charge >= 0.3 is 5.97 Å². The monoisotopic (exact) mass is 219 g/mol. The Kier molecular flexibility index (Phi) is 2.81. The number of aromatic nitrogens is 1. The van der Waals surface area contributed by atoms with Crippen LogP contribution in [-0.4, -0.2) is 23.2 Å². The molecule has 0 saturated heterocycles. The fourth-order valence-corrected chi connectivity index (χ4v) is 1.67. The molecule has 0 aliphatic rings. The molecule has 2 N–H and O–H groups in total. The van der Waals surface area contributed by atoms with Gasteiger partial charge in [0, 0.05) is 17.3 Å². The first-order valence-electron chi connectivity index (χ1n) is 5.06. The lowest BCUT2D eigenvalue weighted by molar-refractivity contribution is -0.136. The van der Waals surface area contributed by atoms with Gasteiger partial charge in [0.2, 0.25) is 0 Å². The van der Waals surface area contributed by atoms with Gasteiger partial charge in [0.25, 0.3) is 0 Å². The first-order valence-corrected chi connectivity index (χ1v) is 5.06. The average molecular weight is 219 g/mol. The van der Waals surface area contributed by atoms with E-state index in [2.05, 4.69) is 4.98 Å². The third-order valence-electron chi connectivity index (χ3n) is 2.49. The minimum absolute atomic E-state index is 0.143. The zero-order valence-corrected chi connectivity index (χ0v) is 8.99. The Morgan fingerprint density at radius 3 is 2.94 bits per heavy atom. The smallest absolute Gasteiger partial charge is 0.303 e. The second kappa shape index (κ2) is 4.26. The lowest BCUT2D eigenvalue weighted by Crippen LogP contribution is -1.97. The van der Waals surface area contributed by atoms with Gasteiger partial charge in [0.05, 0.1) is 13.5 Å². The van der Waals surface area contributed by atoms with Crippen molar-refractivity contribution >= 4 is 16.9 Å². The van der Waals surface area contributed by atoms with Gasteiger partial charge in [-0.2, -0.15) is 0 Å². The van der Waals surface area contributed by atoms with E-state index in [1.54, 1.807) is 7.11 Å². The van der Waals surface area contributed by atoms with E-state index in [4.69, 9.17) is 9.84 Å². The molecule has 0 amide bonds. The zero-order chi connectivity index (χ0) is 11.5. The van der Waals surface area contributed by atoms with Crippen molar-refractivity contribution < 1.29 is 14.6 Å². The first kappa shape index (κ1) is 10.5. The number of aryl methyl sites for hydroxylation is 1. The van der Waals surface area contributed by atoms with E-state index < -0.39 is 5.97 Å². The molecule has 0 bridgehead atoms. The summed E-state index contributed by atoms with van der Waals surface area (Å²) in [5, 5.41) is 9.67. The van der Waals surface area contributed by atoms with Gasteiger partial charge in [-0.15, -0.1) is 0 Å². The zero-order valence-electron chi connectivity index (χ0n) is 8.99. The second-order valence-corrected chi connectivity index (χ2v) is 3.64. The molecule has 0 aliphatic carbocycles. The molecule has 0 saturated carbocycles. The highest BCUT2D eigenvalue weighted by Gasteiger charge is 2.04. The summed E-state index contributed by atoms with van der Waals surface area (Å²) in [4.78, 5) is 13.6. The van der Waals surface area contributed by atoms with Crippen molar-refractivity contribution in [2.75, 3.05) is 7.11 Å². The predicted molar refractivity (Wildman–Crippen MR) is 60.8 cm³/mol. The lowest BCUT2D eigenvalue weighted by atomic mass is 10.2. The van der Waals surface area contributed by atoms with Gasteiger partial charge in [-0.3, -0.25) is 4.79 Å². The Morgan fingerprint density at radius 1 is 1.44 bits per heavy atom. The highest BCUT2D eigenvalue weighted by atomic mass is 16.5. The Hall–Kier alpha value is -1.97. The van der Waals surface area contributed by atoms with Gasteiger partial charge in [-0.25, -0.2) is 0 Å². The highest BCUT2D eigenvalue weighted by molar-refractivity contribution is 5.82. The number of carbonyl (C=O) groups is 1. The molecule has 0 radical (unpaired) electrons. The maximum absolute atomic E-state index is 10.5. The summed E-state index contributed by atoms with van der Waals surface area (Å²) in [5.41, 5.74) is 1.91. The molecular formula is C12H13NO3. The fraction of sp³-hybridized carbons (Fsp3) is 0.250. The van der Waals surface area contributed by atoms with Crippen LogP contribution in [0.2, 0.25) is 0 Å². The number of aliphatic carboxylic acids is 1. The second-order valence-electron chi connectivity index (χ2n) is 3.64. The molecule has 0 unspecified atom stereocenters. The summed E-state index contributed by atoms with van der Waals surface area (Å²) in [6.07, 6.45) is 0.663. The van der Waals surface area contributed by atoms with E-state index in [-0.39, 0.29) is 6.42 Å². The lowest BCUT2D eigenvalue weighted by Gasteiger charge is -1.97. The van der Waals surface area contributed by atoms with Crippen molar-refractivity contribution in [3.63, 3.8) is 0 Å². The highest BCUT2D eigenvalue weighted by Crippen LogP contribution is 2.21. The molecule has 0 atom stereocenters. The van der Waals surface area contributed by atoms with Crippen LogP contribution in [0.3, 0.4) is 0 Å². The van der Waals surface area contributed by atoms with Crippen LogP contribution in [0.5, 0.6) is 5.75 Å². The number of hydrogen-bond acceptors (Lipinski definition) is 2. The molecule has 1 aromatic carbocycles. The van der Waals surface area contributed by atoms with Crippen LogP contribution in [-0.2, 0) is 11.2 Å². The molecule has 2 rings (SSSR count). The molecule has 1 heterocycles. The minimum atomic E-state index is -0.781. The van der Waals surface area contributed by atoms with Crippen LogP contribution in [0.15, 0.2) is 24.3 Å². The van der Waals surface area contributed by atoms with Crippen LogP contribution >= 0.6 is 0 Å². The predicted octanol–water partition coefficient (Wildman–Crippen LogP) is 2.19. The molecule has 2 aromatic rings. The summed E-state index contributed by atoms with van der Waals surface area (Å²) >= 11 is 0. The van der Waals surface area contributed by atoms with Crippen molar-refractivity contribution in [2.45, 2.75) is 12.8 Å². The van der Waals surface area contributed by atoms with E-state index in [0.29, 0.717) is 6.42 Å². The maximum Gasteiger partial charge on any atom is 0.303 e. The number of carboxylic acids is 1. The van der Waals surface area contributed by atoms with E-state index in [1.165, 1.54) is 0 Å². The first-order chi connectivity index (χ1) is 7.69. The molecule has 4 heteroatoms. The number of nitrogens with one attached hydrogen (secondary N) is 1. The maximum atomic E-state index is 10.5. The summed E-state index contributed by atoms with van der Waals surface area (Å²) in [5.74, 6) is 0.00960. The molecule has 84 valence electrons. The van der Waals surface area contributed by atoms with Crippen LogP contribution < -0.4 is 4.74 Å². The normalized spacial score (nSPS) is 10.6. The number of H-pyrrole nitrogens is 1. The Labute approximate surface area is 92.9 Å². The van der Waals surface area contributed by atoms with E-state index in [1.807, 2.05) is 24.3 Å². The largest absolute Gasteiger partial charge is 0.497 e. The summed E-state index contributed by atoms with van der Waals surface area (Å²) < 4.78 is 5.12. The van der Waals surface area contributed by atoms with Crippen molar-refractivity contribution in [1.82, 2.24) is 4.98 Å². The molecule has 0 fully saturated rings. The van der Waals surface area contributed by atoms with Crippen LogP contribution in [0.25, 0.3) is 10.9 Å². The molecule has 16 heavy (non-hydrogen) atoms. The SMILES string of the molecule is COc1ccc2cc(CCC(=O)O)[nH]c2c1. The number of fused-ring (bicyclic) bond motifs is 1. The van der Waals surface area contributed by atoms with Gasteiger partial charge in [-0.1, -0.05) is 0 Å². The number of carboxylic acid groups (broad SMARTS) is 1. The number of rotatable bonds is 4. The fourth-order valence-electron chi connectivity index (χ4n) is 1.67. The summed E-state index contributed by atoms with van der Waals surface area (Å²) in [7, 11) is 1.62. The third-order valence-corrected chi connectivity index (χ3v) is 2.49. The van der Waals surface area contributed by atoms with Gasteiger partial charge in [0.1, 0.15) is 5.75 Å². The molecule has 4 nitrogen and oxygen atoms in total. The number of aromatic amines is 1. The molecule has 1 aromatic heterocycles. The van der Waals surface area contributed by atoms with E-state index in [0.717, 1.165) is 22.3 Å². The number of methoxy groups -OCH3 is 1. The Balaban J connectivity index is 2.25. The van der Waals surface area contributed by atoms with Crippen molar-refractivity contribution in [3.8, 4) is 5.75 Å². The van der Waals surface area contributed by atoms with Crippen molar-refractivity contribution in [2.24, 2.45) is 0 Å². The Bertz CT molecular complexity index is 516. The van der Waals surface area contributed by atoms with Gasteiger partial charge < -0.3 is 14.8 Å². The quantitative estimate of drug-likeness (QED) is 0.828. The van der Waals surface area contributed by atoms with Gasteiger partial charge in [0.15, 0.2) is 0 Å². The summed E-state index contributed by atoms with van der Waals surface area (Å²) in [6.45, 7) is 0. The van der Waals surface area contributed by atoms with Crippen LogP contribution in [0.4, 0.5) is 0 Å². The van der Waals surface area contributed by atoms with Gasteiger partial charge in [-0.05, 0) is 30.0 Å². The number of benzene rings is 1. The van der Waals surface area contributed by atoms with Crippen LogP contribution in [0.1, 0.15) is 12.1 Å². The van der Waals surface area contributed by atoms with E-state index in [9.17, 15) is 4.79 Å².